The Hall–Kier alpha value is -13.2. The van der Waals surface area contributed by atoms with Crippen LogP contribution in [0.2, 0.25) is 0 Å². The van der Waals surface area contributed by atoms with Crippen molar-refractivity contribution in [1.29, 1.82) is 0 Å². The van der Waals surface area contributed by atoms with Crippen LogP contribution >= 0.6 is 0 Å². The molecule has 498 valence electrons. The molecule has 2 aliphatic carbocycles. The van der Waals surface area contributed by atoms with Gasteiger partial charge in [0.1, 0.15) is 34.9 Å². The summed E-state index contributed by atoms with van der Waals surface area (Å²) >= 11 is 0. The number of hydrogen-bond donors (Lipinski definition) is 7. The van der Waals surface area contributed by atoms with Gasteiger partial charge >= 0.3 is 0 Å². The zero-order valence-electron chi connectivity index (χ0n) is 54.2. The van der Waals surface area contributed by atoms with Crippen molar-refractivity contribution < 1.29 is 28.6 Å². The Kier molecular flexibility index (Phi) is 18.8. The van der Waals surface area contributed by atoms with Gasteiger partial charge in [-0.3, -0.25) is 43.4 Å². The summed E-state index contributed by atoms with van der Waals surface area (Å²) in [4.78, 5) is 87.4. The van der Waals surface area contributed by atoms with Crippen LogP contribution in [0.15, 0.2) is 191 Å². The minimum absolute atomic E-state index is 0.00607. The second-order valence-corrected chi connectivity index (χ2v) is 23.4. The molecule has 2 fully saturated rings. The number of amides is 2. The summed E-state index contributed by atoms with van der Waals surface area (Å²) in [6.07, 6.45) is 32.4. The first-order valence-corrected chi connectivity index (χ1v) is 31.4. The molecule has 99 heavy (non-hydrogen) atoms. The van der Waals surface area contributed by atoms with E-state index in [-0.39, 0.29) is 35.8 Å². The number of ketones is 1. The number of benzene rings is 1. The van der Waals surface area contributed by atoms with Crippen LogP contribution in [-0.4, -0.2) is 137 Å². The van der Waals surface area contributed by atoms with E-state index in [0.717, 1.165) is 87.0 Å². The predicted octanol–water partition coefficient (Wildman–Crippen LogP) is 11.3. The molecule has 2 aliphatic rings. The maximum atomic E-state index is 11.9. The molecule has 0 unspecified atom stereocenters. The van der Waals surface area contributed by atoms with Gasteiger partial charge in [-0.15, -0.1) is 0 Å². The Bertz CT molecular complexity index is 5070. The van der Waals surface area contributed by atoms with Gasteiger partial charge in [-0.2, -0.15) is 45.2 Å². The largest absolute Gasteiger partial charge is 0.474 e. The Labute approximate surface area is 565 Å². The lowest BCUT2D eigenvalue weighted by atomic mass is 9.79. The number of ether oxygens (including phenoxy) is 3. The van der Waals surface area contributed by atoms with E-state index in [4.69, 9.17) is 14.2 Å². The molecule has 15 rings (SSSR count). The summed E-state index contributed by atoms with van der Waals surface area (Å²) < 4.78 is 24.0. The number of nitrogens with one attached hydrogen (secondary N) is 7. The molecule has 7 N–H and O–H groups in total. The van der Waals surface area contributed by atoms with Gasteiger partial charge < -0.3 is 55.3 Å². The minimum atomic E-state index is -0.311. The number of aromatic nitrogens is 18. The quantitative estimate of drug-likeness (QED) is 0.0310. The summed E-state index contributed by atoms with van der Waals surface area (Å²) in [7, 11) is 7.30. The average molecular weight is 1330 g/mol. The third-order valence-electron chi connectivity index (χ3n) is 16.4. The van der Waals surface area contributed by atoms with Crippen molar-refractivity contribution in [3.63, 3.8) is 0 Å². The number of allylic oxidation sites excluding steroid dienone is 1. The lowest BCUT2D eigenvalue weighted by Gasteiger charge is -2.40. The summed E-state index contributed by atoms with van der Waals surface area (Å²) in [6.45, 7) is 10.6. The maximum Gasteiger partial charge on any atom is 0.247 e. The Balaban J connectivity index is 0.000000133. The highest BCUT2D eigenvalue weighted by Crippen LogP contribution is 2.42. The number of carbonyl (C=O) groups excluding carboxylic acids is 3. The molecule has 0 bridgehead atoms. The van der Waals surface area contributed by atoms with E-state index in [1.807, 2.05) is 101 Å². The molecule has 29 nitrogen and oxygen atoms in total. The van der Waals surface area contributed by atoms with Crippen LogP contribution in [0.25, 0.3) is 66.6 Å². The molecule has 12 aromatic heterocycles. The molecule has 0 atom stereocenters. The van der Waals surface area contributed by atoms with E-state index in [0.29, 0.717) is 81.6 Å². The molecule has 0 aliphatic heterocycles. The molecule has 13 aromatic rings. The number of carbonyl (C=O) groups is 3. The fraction of sp³-hybridized carbons (Fsp3) is 0.186. The fourth-order valence-electron chi connectivity index (χ4n) is 11.3. The summed E-state index contributed by atoms with van der Waals surface area (Å²) in [5.41, 5.74) is 10.0. The van der Waals surface area contributed by atoms with E-state index < -0.39 is 0 Å². The number of rotatable bonds is 22. The van der Waals surface area contributed by atoms with Gasteiger partial charge in [0.05, 0.1) is 57.5 Å². The molecule has 1 aromatic carbocycles. The molecule has 12 heterocycles. The lowest BCUT2D eigenvalue weighted by molar-refractivity contribution is -0.130. The van der Waals surface area contributed by atoms with Crippen molar-refractivity contribution in [2.45, 2.75) is 50.4 Å². The number of aromatic amines is 3. The van der Waals surface area contributed by atoms with Gasteiger partial charge in [0.25, 0.3) is 0 Å². The van der Waals surface area contributed by atoms with Crippen LogP contribution in [0.1, 0.15) is 32.1 Å². The lowest BCUT2D eigenvalue weighted by Crippen LogP contribution is -2.49. The number of fused-ring (bicyclic) bond motifs is 3. The highest BCUT2D eigenvalue weighted by atomic mass is 16.5. The second kappa shape index (κ2) is 28.8. The number of hydrogen-bond acceptors (Lipinski definition) is 21. The van der Waals surface area contributed by atoms with Gasteiger partial charge in [0.15, 0.2) is 5.78 Å². The number of anilines is 7. The van der Waals surface area contributed by atoms with E-state index in [2.05, 4.69) is 116 Å². The molecule has 2 amide bonds. The van der Waals surface area contributed by atoms with Gasteiger partial charge in [0.2, 0.25) is 47.3 Å². The van der Waals surface area contributed by atoms with Crippen LogP contribution in [0.4, 0.5) is 40.6 Å². The van der Waals surface area contributed by atoms with Gasteiger partial charge in [-0.1, -0.05) is 44.0 Å². The first-order valence-electron chi connectivity index (χ1n) is 31.4. The SMILES string of the molecule is C=CC(=O)CC1CC(Oc2nc(Nc3cnn(C)c3)nc3[nH]cc(-c4ccccn4)c23)C1.C=CC(=O)N(C)C1CC(Oc2nc(Nc3cnn(C)c3)nc3[nH]cc(-c4cccnc4)c23)C1.C=CC(=O)Nc1cccc(Oc2nc(Nc3cnn(C)c3)nc3[nH]cc(-c4cccnc4)c23)c1. The van der Waals surface area contributed by atoms with E-state index in [9.17, 15) is 14.4 Å². The standard InChI is InChI=1S/C24H20N8O2.C23H24N8O2.C23H23N7O2/c1-3-20(33)28-16-7-4-8-18(10-16)34-23-21-19(15-6-5-9-25-11-15)13-26-22(21)30-24(31-23)29-17-12-27-32(2)14-17;1-4-19(32)31(3)16-8-17(9-16)33-22-20-18(14-6-5-7-24-10-14)12-25-21(20)28-23(29-22)27-15-11-26-30(2)13-15;1-3-16(31)8-14-9-17(10-14)32-22-20-18(19-6-4-5-7-24-19)12-25-21(20)28-23(29-22)27-15-11-26-30(2)13-15/h3-14H,1H2,2H3,(H,28,33)(H2,26,29,30,31);4-7,10-13,16-17H,1,8-9H2,2-3H3,(H2,25,27,28,29);3-7,11-14,17H,1,8-10H2,2H3,(H2,25,27,28,29). The van der Waals surface area contributed by atoms with Gasteiger partial charge in [0, 0.05) is 161 Å². The normalized spacial score (nSPS) is 15.2. The number of pyridine rings is 3. The number of likely N-dealkylation sites (N-methyl/N-ethyl adjacent to an activating group) is 1. The number of aryl methyl sites for hydroxylation is 3. The van der Waals surface area contributed by atoms with E-state index >= 15 is 0 Å². The molecular weight excluding hydrogens is 1260 g/mol. The molecule has 0 spiro atoms. The van der Waals surface area contributed by atoms with Gasteiger partial charge in [-0.25, -0.2) is 0 Å². The average Bonchev–Trinajstić information content (AvgIpc) is 1.69. The molecular formula is C70H67N23O6. The van der Waals surface area contributed by atoms with E-state index in [1.165, 1.54) is 18.2 Å². The van der Waals surface area contributed by atoms with Crippen molar-refractivity contribution in [3.8, 4) is 56.9 Å². The van der Waals surface area contributed by atoms with Crippen LogP contribution in [-0.2, 0) is 35.5 Å². The monoisotopic (exact) mass is 1330 g/mol. The number of nitrogens with zero attached hydrogens (tertiary/aromatic N) is 16. The minimum Gasteiger partial charge on any atom is -0.474 e. The van der Waals surface area contributed by atoms with Crippen LogP contribution in [0, 0.1) is 5.92 Å². The van der Waals surface area contributed by atoms with Crippen molar-refractivity contribution in [1.82, 2.24) is 94.0 Å². The zero-order chi connectivity index (χ0) is 68.5. The predicted molar refractivity (Wildman–Crippen MR) is 374 cm³/mol. The Morgan fingerprint density at radius 3 is 1.56 bits per heavy atom. The topological polar surface area (TPSA) is 347 Å². The second-order valence-electron chi connectivity index (χ2n) is 23.4. The Morgan fingerprint density at radius 1 is 0.566 bits per heavy atom. The van der Waals surface area contributed by atoms with Crippen LogP contribution < -0.4 is 35.5 Å². The van der Waals surface area contributed by atoms with Gasteiger partial charge in [-0.05, 0) is 73.4 Å². The third-order valence-corrected chi connectivity index (χ3v) is 16.4. The maximum absolute atomic E-state index is 11.9. The van der Waals surface area contributed by atoms with Crippen molar-refractivity contribution >= 4 is 91.3 Å². The third kappa shape index (κ3) is 15.0. The number of H-pyrrole nitrogens is 3. The molecule has 0 radical (unpaired) electrons. The summed E-state index contributed by atoms with van der Waals surface area (Å²) in [5, 5.41) is 27.0. The first-order chi connectivity index (χ1) is 48.2. The fourth-order valence-corrected chi connectivity index (χ4v) is 11.3. The summed E-state index contributed by atoms with van der Waals surface area (Å²) in [6, 6.07) is 20.6. The first kappa shape index (κ1) is 64.5. The van der Waals surface area contributed by atoms with Crippen molar-refractivity contribution in [3.05, 3.63) is 191 Å². The highest BCUT2D eigenvalue weighted by Gasteiger charge is 2.37. The Morgan fingerprint density at radius 2 is 1.08 bits per heavy atom. The van der Waals surface area contributed by atoms with Crippen molar-refractivity contribution in [2.75, 3.05) is 28.3 Å². The molecule has 29 heteroatoms. The molecule has 2 saturated carbocycles. The van der Waals surface area contributed by atoms with Crippen LogP contribution in [0.5, 0.6) is 23.4 Å². The summed E-state index contributed by atoms with van der Waals surface area (Å²) in [5.74, 6) is 2.94. The zero-order valence-corrected chi connectivity index (χ0v) is 54.2. The highest BCUT2D eigenvalue weighted by molar-refractivity contribution is 6.01. The van der Waals surface area contributed by atoms with E-state index in [1.54, 1.807) is 99.8 Å². The van der Waals surface area contributed by atoms with Crippen LogP contribution in [0.3, 0.4) is 0 Å². The van der Waals surface area contributed by atoms with Crippen molar-refractivity contribution in [2.24, 2.45) is 27.1 Å². The molecule has 0 saturated heterocycles. The smallest absolute Gasteiger partial charge is 0.247 e.